The number of hydrogen-bond donors (Lipinski definition) is 2. The monoisotopic (exact) mass is 317 g/mol. The second kappa shape index (κ2) is 6.19. The van der Waals surface area contributed by atoms with E-state index in [1.807, 2.05) is 24.6 Å². The van der Waals surface area contributed by atoms with Gasteiger partial charge >= 0.3 is 0 Å². The quantitative estimate of drug-likeness (QED) is 0.755. The fraction of sp³-hybridized carbons (Fsp3) is 0.214. The Morgan fingerprint density at radius 3 is 3.00 bits per heavy atom. The number of aryl methyl sites for hydroxylation is 1. The third-order valence-electron chi connectivity index (χ3n) is 3.02. The summed E-state index contributed by atoms with van der Waals surface area (Å²) < 4.78 is 4.24. The average Bonchev–Trinajstić information content (AvgIpc) is 3.06. The lowest BCUT2D eigenvalue weighted by Gasteiger charge is -2.05. The number of aromatic nitrogens is 3. The highest BCUT2D eigenvalue weighted by Crippen LogP contribution is 2.36. The van der Waals surface area contributed by atoms with Crippen molar-refractivity contribution in [2.24, 2.45) is 0 Å². The molecule has 0 aromatic carbocycles. The van der Waals surface area contributed by atoms with E-state index < -0.39 is 0 Å². The fourth-order valence-corrected chi connectivity index (χ4v) is 3.37. The molecule has 3 rings (SSSR count). The zero-order valence-electron chi connectivity index (χ0n) is 11.5. The van der Waals surface area contributed by atoms with Crippen molar-refractivity contribution in [3.05, 3.63) is 40.5 Å². The van der Waals surface area contributed by atoms with Crippen molar-refractivity contribution >= 4 is 33.7 Å². The first-order chi connectivity index (χ1) is 10.2. The molecule has 0 fully saturated rings. The number of hydrogen-bond acceptors (Lipinski definition) is 7. The van der Waals surface area contributed by atoms with Crippen LogP contribution in [0, 0.1) is 6.92 Å². The van der Waals surface area contributed by atoms with Gasteiger partial charge in [-0.05, 0) is 36.5 Å². The third-order valence-corrected chi connectivity index (χ3v) is 4.61. The van der Waals surface area contributed by atoms with Crippen LogP contribution in [0.3, 0.4) is 0 Å². The van der Waals surface area contributed by atoms with Gasteiger partial charge in [0.15, 0.2) is 0 Å². The number of rotatable bonds is 5. The number of pyridine rings is 1. The Morgan fingerprint density at radius 1 is 1.38 bits per heavy atom. The van der Waals surface area contributed by atoms with Crippen LogP contribution in [0.4, 0.5) is 10.8 Å². The van der Waals surface area contributed by atoms with Gasteiger partial charge in [-0.15, -0.1) is 11.3 Å². The molecule has 0 aliphatic rings. The zero-order valence-corrected chi connectivity index (χ0v) is 13.2. The summed E-state index contributed by atoms with van der Waals surface area (Å²) in [5.74, 6) is 0.536. The molecule has 0 unspecified atom stereocenters. The molecule has 3 aromatic rings. The van der Waals surface area contributed by atoms with Gasteiger partial charge in [0.1, 0.15) is 10.8 Å². The van der Waals surface area contributed by atoms with Gasteiger partial charge < -0.3 is 11.1 Å². The van der Waals surface area contributed by atoms with Crippen LogP contribution in [0.25, 0.3) is 11.3 Å². The van der Waals surface area contributed by atoms with E-state index >= 15 is 0 Å². The van der Waals surface area contributed by atoms with Gasteiger partial charge in [0, 0.05) is 24.3 Å². The molecule has 0 saturated heterocycles. The molecule has 3 aromatic heterocycles. The van der Waals surface area contributed by atoms with E-state index in [-0.39, 0.29) is 0 Å². The van der Waals surface area contributed by atoms with E-state index in [1.165, 1.54) is 17.1 Å². The SMILES string of the molecule is Cc1nc(-c2c(N)nsc2NCCc2cccnc2)cs1. The van der Waals surface area contributed by atoms with Crippen LogP contribution in [0.2, 0.25) is 0 Å². The van der Waals surface area contributed by atoms with Gasteiger partial charge in [-0.2, -0.15) is 4.37 Å². The molecule has 0 aliphatic heterocycles. The van der Waals surface area contributed by atoms with Gasteiger partial charge in [-0.25, -0.2) is 4.98 Å². The predicted molar refractivity (Wildman–Crippen MR) is 88.8 cm³/mol. The molecule has 0 bridgehead atoms. The zero-order chi connectivity index (χ0) is 14.7. The molecule has 3 N–H and O–H groups in total. The summed E-state index contributed by atoms with van der Waals surface area (Å²) in [7, 11) is 0. The van der Waals surface area contributed by atoms with Gasteiger partial charge in [-0.1, -0.05) is 6.07 Å². The summed E-state index contributed by atoms with van der Waals surface area (Å²) in [5.41, 5.74) is 8.99. The molecule has 3 heterocycles. The number of nitrogens with one attached hydrogen (secondary N) is 1. The second-order valence-electron chi connectivity index (χ2n) is 4.56. The van der Waals surface area contributed by atoms with Crippen molar-refractivity contribution in [3.8, 4) is 11.3 Å². The lowest BCUT2D eigenvalue weighted by molar-refractivity contribution is 1.01. The summed E-state index contributed by atoms with van der Waals surface area (Å²) >= 11 is 2.99. The number of nitrogens with two attached hydrogens (primary N) is 1. The molecule has 0 atom stereocenters. The van der Waals surface area contributed by atoms with Crippen LogP contribution < -0.4 is 11.1 Å². The lowest BCUT2D eigenvalue weighted by Crippen LogP contribution is -2.05. The molecule has 0 amide bonds. The van der Waals surface area contributed by atoms with Crippen LogP contribution in [-0.4, -0.2) is 20.9 Å². The topological polar surface area (TPSA) is 76.7 Å². The largest absolute Gasteiger partial charge is 0.382 e. The smallest absolute Gasteiger partial charge is 0.148 e. The van der Waals surface area contributed by atoms with Crippen molar-refractivity contribution in [3.63, 3.8) is 0 Å². The van der Waals surface area contributed by atoms with Crippen molar-refractivity contribution in [1.29, 1.82) is 0 Å². The summed E-state index contributed by atoms with van der Waals surface area (Å²) in [5, 5.41) is 7.42. The molecule has 0 radical (unpaired) electrons. The Balaban J connectivity index is 1.72. The number of anilines is 2. The molecule has 21 heavy (non-hydrogen) atoms. The Labute approximate surface area is 131 Å². The van der Waals surface area contributed by atoms with E-state index in [9.17, 15) is 0 Å². The van der Waals surface area contributed by atoms with Crippen LogP contribution in [0.1, 0.15) is 10.6 Å². The number of nitrogen functional groups attached to an aromatic ring is 1. The highest BCUT2D eigenvalue weighted by Gasteiger charge is 2.15. The summed E-state index contributed by atoms with van der Waals surface area (Å²) in [4.78, 5) is 8.61. The predicted octanol–water partition coefficient (Wildman–Crippen LogP) is 3.21. The minimum absolute atomic E-state index is 0.536. The first kappa shape index (κ1) is 14.0. The van der Waals surface area contributed by atoms with E-state index in [4.69, 9.17) is 5.73 Å². The molecule has 0 spiro atoms. The normalized spacial score (nSPS) is 10.7. The maximum atomic E-state index is 5.98. The first-order valence-electron chi connectivity index (χ1n) is 6.54. The highest BCUT2D eigenvalue weighted by atomic mass is 32.1. The van der Waals surface area contributed by atoms with Crippen molar-refractivity contribution in [2.45, 2.75) is 13.3 Å². The van der Waals surface area contributed by atoms with E-state index in [0.717, 1.165) is 34.2 Å². The molecule has 7 heteroatoms. The molecule has 0 aliphatic carbocycles. The molecule has 0 saturated carbocycles. The maximum Gasteiger partial charge on any atom is 0.148 e. The van der Waals surface area contributed by atoms with Crippen LogP contribution in [0.15, 0.2) is 29.9 Å². The number of thiazole rings is 1. The third kappa shape index (κ3) is 3.20. The molecule has 5 nitrogen and oxygen atoms in total. The van der Waals surface area contributed by atoms with Crippen molar-refractivity contribution < 1.29 is 0 Å². The van der Waals surface area contributed by atoms with Crippen molar-refractivity contribution in [2.75, 3.05) is 17.6 Å². The Morgan fingerprint density at radius 2 is 2.29 bits per heavy atom. The highest BCUT2D eigenvalue weighted by molar-refractivity contribution is 7.11. The van der Waals surface area contributed by atoms with Crippen LogP contribution in [-0.2, 0) is 6.42 Å². The van der Waals surface area contributed by atoms with Gasteiger partial charge in [0.25, 0.3) is 0 Å². The van der Waals surface area contributed by atoms with Gasteiger partial charge in [0.2, 0.25) is 0 Å². The Bertz CT molecular complexity index is 720. The fourth-order valence-electron chi connectivity index (χ4n) is 2.02. The minimum atomic E-state index is 0.536. The van der Waals surface area contributed by atoms with E-state index in [1.54, 1.807) is 17.5 Å². The molecular formula is C14H15N5S2. The van der Waals surface area contributed by atoms with Crippen molar-refractivity contribution in [1.82, 2.24) is 14.3 Å². The Kier molecular flexibility index (Phi) is 4.12. The molecule has 108 valence electrons. The lowest BCUT2D eigenvalue weighted by atomic mass is 10.2. The van der Waals surface area contributed by atoms with Gasteiger partial charge in [0.05, 0.1) is 16.3 Å². The second-order valence-corrected chi connectivity index (χ2v) is 6.40. The molecular weight excluding hydrogens is 302 g/mol. The minimum Gasteiger partial charge on any atom is -0.382 e. The van der Waals surface area contributed by atoms with Crippen LogP contribution >= 0.6 is 22.9 Å². The summed E-state index contributed by atoms with van der Waals surface area (Å²) in [6, 6.07) is 4.02. The number of nitrogens with zero attached hydrogens (tertiary/aromatic N) is 3. The van der Waals surface area contributed by atoms with Crippen LogP contribution in [0.5, 0.6) is 0 Å². The van der Waals surface area contributed by atoms with E-state index in [2.05, 4.69) is 25.7 Å². The summed E-state index contributed by atoms with van der Waals surface area (Å²) in [6.45, 7) is 2.79. The summed E-state index contributed by atoms with van der Waals surface area (Å²) in [6.07, 6.45) is 4.57. The first-order valence-corrected chi connectivity index (χ1v) is 8.20. The van der Waals surface area contributed by atoms with E-state index in [0.29, 0.717) is 5.82 Å². The standard InChI is InChI=1S/C14H15N5S2/c1-9-18-11(8-20-9)12-13(15)19-21-14(12)17-6-4-10-3-2-5-16-7-10/h2-3,5,7-8,17H,4,6H2,1H3,(H2,15,19). The maximum absolute atomic E-state index is 5.98. The van der Waals surface area contributed by atoms with Gasteiger partial charge in [-0.3, -0.25) is 4.98 Å². The average molecular weight is 317 g/mol. The Hall–Kier alpha value is -1.99.